The molecule has 1 aromatic rings. The number of nitrogens with one attached hydrogen (secondary N) is 1. The maximum atomic E-state index is 13.2. The number of hydrogen-bond acceptors (Lipinski definition) is 2. The Morgan fingerprint density at radius 1 is 1.26 bits per heavy atom. The van der Waals surface area contributed by atoms with Crippen LogP contribution in [-0.4, -0.2) is 31.1 Å². The molecule has 1 aliphatic carbocycles. The number of rotatable bonds is 5. The van der Waals surface area contributed by atoms with Gasteiger partial charge in [-0.15, -0.1) is 0 Å². The van der Waals surface area contributed by atoms with E-state index in [0.717, 1.165) is 12.1 Å². The van der Waals surface area contributed by atoms with Crippen LogP contribution in [0.1, 0.15) is 31.2 Å². The van der Waals surface area contributed by atoms with Crippen molar-refractivity contribution in [2.24, 2.45) is 0 Å². The Kier molecular flexibility index (Phi) is 4.82. The summed E-state index contributed by atoms with van der Waals surface area (Å²) in [6.45, 7) is 1.60. The van der Waals surface area contributed by atoms with E-state index >= 15 is 0 Å². The predicted octanol–water partition coefficient (Wildman–Crippen LogP) is 3.44. The zero-order valence-corrected chi connectivity index (χ0v) is 12.4. The second-order valence-corrected chi connectivity index (χ2v) is 6.14. The van der Waals surface area contributed by atoms with Crippen LogP contribution in [0, 0.1) is 5.82 Å². The fraction of sp³-hybridized carbons (Fsp3) is 0.600. The zero-order chi connectivity index (χ0) is 13.9. The van der Waals surface area contributed by atoms with E-state index in [1.807, 2.05) is 6.07 Å². The third-order valence-corrected chi connectivity index (χ3v) is 4.41. The molecule has 0 bridgehead atoms. The Bertz CT molecular complexity index is 408. The Morgan fingerprint density at radius 3 is 2.53 bits per heavy atom. The van der Waals surface area contributed by atoms with Gasteiger partial charge in [0.15, 0.2) is 0 Å². The van der Waals surface area contributed by atoms with Crippen molar-refractivity contribution in [2.45, 2.75) is 37.8 Å². The highest BCUT2D eigenvalue weighted by atomic mass is 35.5. The third-order valence-electron chi connectivity index (χ3n) is 4.19. The van der Waals surface area contributed by atoms with Gasteiger partial charge in [0.1, 0.15) is 5.82 Å². The van der Waals surface area contributed by atoms with Gasteiger partial charge in [-0.05, 0) is 50.7 Å². The number of nitrogens with zero attached hydrogens (tertiary/aromatic N) is 1. The minimum atomic E-state index is -0.271. The normalized spacial score (nSPS) is 18.2. The van der Waals surface area contributed by atoms with Crippen LogP contribution in [0.25, 0.3) is 0 Å². The number of benzene rings is 1. The lowest BCUT2D eigenvalue weighted by Crippen LogP contribution is -2.49. The first-order valence-corrected chi connectivity index (χ1v) is 7.23. The average molecular weight is 285 g/mol. The van der Waals surface area contributed by atoms with Gasteiger partial charge in [-0.2, -0.15) is 0 Å². The van der Waals surface area contributed by atoms with Crippen LogP contribution >= 0.6 is 11.6 Å². The minimum absolute atomic E-state index is 0.261. The number of hydrogen-bond donors (Lipinski definition) is 1. The van der Waals surface area contributed by atoms with Crippen molar-refractivity contribution in [3.8, 4) is 0 Å². The molecule has 1 N–H and O–H groups in total. The van der Waals surface area contributed by atoms with Crippen LogP contribution in [0.5, 0.6) is 0 Å². The molecule has 1 saturated carbocycles. The summed E-state index contributed by atoms with van der Waals surface area (Å²) in [7, 11) is 4.29. The molecule has 4 heteroatoms. The van der Waals surface area contributed by atoms with Crippen LogP contribution in [0.15, 0.2) is 18.2 Å². The molecule has 19 heavy (non-hydrogen) atoms. The van der Waals surface area contributed by atoms with Crippen LogP contribution in [-0.2, 0) is 6.54 Å². The number of likely N-dealkylation sites (N-methyl/N-ethyl adjacent to an activating group) is 1. The van der Waals surface area contributed by atoms with E-state index in [-0.39, 0.29) is 11.4 Å². The van der Waals surface area contributed by atoms with Gasteiger partial charge in [0.25, 0.3) is 0 Å². The van der Waals surface area contributed by atoms with Gasteiger partial charge in [0.05, 0.1) is 0 Å². The van der Waals surface area contributed by atoms with Gasteiger partial charge in [0, 0.05) is 23.7 Å². The Morgan fingerprint density at radius 2 is 1.95 bits per heavy atom. The fourth-order valence-corrected chi connectivity index (χ4v) is 3.21. The Balaban J connectivity index is 1.92. The molecule has 106 valence electrons. The van der Waals surface area contributed by atoms with Gasteiger partial charge < -0.3 is 10.2 Å². The highest BCUT2D eigenvalue weighted by molar-refractivity contribution is 6.30. The fourth-order valence-electron chi connectivity index (χ4n) is 2.97. The van der Waals surface area contributed by atoms with Crippen molar-refractivity contribution >= 4 is 11.6 Å². The molecule has 1 aliphatic rings. The van der Waals surface area contributed by atoms with Gasteiger partial charge >= 0.3 is 0 Å². The van der Waals surface area contributed by atoms with Crippen molar-refractivity contribution in [2.75, 3.05) is 20.6 Å². The molecule has 0 saturated heterocycles. The van der Waals surface area contributed by atoms with Crippen molar-refractivity contribution in [3.05, 3.63) is 34.6 Å². The maximum absolute atomic E-state index is 13.2. The van der Waals surface area contributed by atoms with Crippen LogP contribution in [0.4, 0.5) is 4.39 Å². The summed E-state index contributed by atoms with van der Waals surface area (Å²) in [5.74, 6) is -0.271. The molecule has 2 nitrogen and oxygen atoms in total. The number of halogens is 2. The average Bonchev–Trinajstić information content (AvgIpc) is 2.77. The van der Waals surface area contributed by atoms with Crippen LogP contribution < -0.4 is 5.32 Å². The van der Waals surface area contributed by atoms with Crippen molar-refractivity contribution in [3.63, 3.8) is 0 Å². The molecular weight excluding hydrogens is 263 g/mol. The monoisotopic (exact) mass is 284 g/mol. The smallest absolute Gasteiger partial charge is 0.125 e. The summed E-state index contributed by atoms with van der Waals surface area (Å²) < 4.78 is 13.2. The molecule has 1 fully saturated rings. The highest BCUT2D eigenvalue weighted by Crippen LogP contribution is 2.33. The van der Waals surface area contributed by atoms with Crippen molar-refractivity contribution < 1.29 is 4.39 Å². The van der Waals surface area contributed by atoms with Crippen LogP contribution in [0.3, 0.4) is 0 Å². The lowest BCUT2D eigenvalue weighted by atomic mass is 9.96. The molecule has 0 aliphatic heterocycles. The topological polar surface area (TPSA) is 15.3 Å². The molecule has 0 aromatic heterocycles. The SMILES string of the molecule is CN(C)C1(CNCc2cc(F)cc(Cl)c2)CCCC1. The molecular formula is C15H22ClFN2. The first kappa shape index (κ1) is 14.8. The first-order valence-electron chi connectivity index (χ1n) is 6.85. The lowest BCUT2D eigenvalue weighted by Gasteiger charge is -2.36. The second kappa shape index (κ2) is 6.21. The van der Waals surface area contributed by atoms with Gasteiger partial charge in [-0.25, -0.2) is 4.39 Å². The van der Waals surface area contributed by atoms with Gasteiger partial charge in [-0.3, -0.25) is 0 Å². The Hall–Kier alpha value is -0.640. The van der Waals surface area contributed by atoms with Crippen molar-refractivity contribution in [1.82, 2.24) is 10.2 Å². The molecule has 0 atom stereocenters. The standard InChI is InChI=1S/C15H22ClFN2/c1-19(2)15(5-3-4-6-15)11-18-10-12-7-13(16)9-14(17)8-12/h7-9,18H,3-6,10-11H2,1-2H3. The highest BCUT2D eigenvalue weighted by Gasteiger charge is 2.35. The van der Waals surface area contributed by atoms with Crippen molar-refractivity contribution in [1.29, 1.82) is 0 Å². The van der Waals surface area contributed by atoms with Gasteiger partial charge in [0.2, 0.25) is 0 Å². The summed E-state index contributed by atoms with van der Waals surface area (Å²) in [5, 5.41) is 3.91. The molecule has 0 radical (unpaired) electrons. The first-order chi connectivity index (χ1) is 9.02. The largest absolute Gasteiger partial charge is 0.311 e. The minimum Gasteiger partial charge on any atom is -0.311 e. The lowest BCUT2D eigenvalue weighted by molar-refractivity contribution is 0.153. The second-order valence-electron chi connectivity index (χ2n) is 5.71. The molecule has 0 heterocycles. The molecule has 0 amide bonds. The molecule has 2 rings (SSSR count). The quantitative estimate of drug-likeness (QED) is 0.891. The predicted molar refractivity (Wildman–Crippen MR) is 78.0 cm³/mol. The summed E-state index contributed by atoms with van der Waals surface area (Å²) in [6, 6.07) is 4.69. The van der Waals surface area contributed by atoms with E-state index in [1.165, 1.54) is 37.8 Å². The van der Waals surface area contributed by atoms with E-state index in [0.29, 0.717) is 11.6 Å². The molecule has 0 spiro atoms. The molecule has 0 unspecified atom stereocenters. The summed E-state index contributed by atoms with van der Waals surface area (Å²) in [4.78, 5) is 2.32. The molecule has 1 aromatic carbocycles. The van der Waals surface area contributed by atoms with Crippen LogP contribution in [0.2, 0.25) is 5.02 Å². The Labute approximate surface area is 119 Å². The summed E-state index contributed by atoms with van der Waals surface area (Å²) in [5.41, 5.74) is 1.16. The van der Waals surface area contributed by atoms with E-state index in [9.17, 15) is 4.39 Å². The summed E-state index contributed by atoms with van der Waals surface area (Å²) >= 11 is 5.86. The van der Waals surface area contributed by atoms with Gasteiger partial charge in [-0.1, -0.05) is 24.4 Å². The maximum Gasteiger partial charge on any atom is 0.125 e. The van der Waals surface area contributed by atoms with E-state index in [4.69, 9.17) is 11.6 Å². The zero-order valence-electron chi connectivity index (χ0n) is 11.7. The van der Waals surface area contributed by atoms with E-state index < -0.39 is 0 Å². The third kappa shape index (κ3) is 3.68. The van der Waals surface area contributed by atoms with E-state index in [1.54, 1.807) is 0 Å². The van der Waals surface area contributed by atoms with E-state index in [2.05, 4.69) is 24.3 Å². The summed E-state index contributed by atoms with van der Waals surface area (Å²) in [6.07, 6.45) is 5.06.